The van der Waals surface area contributed by atoms with Crippen molar-refractivity contribution in [3.8, 4) is 0 Å². The number of hydrogen-bond donors (Lipinski definition) is 1. The summed E-state index contributed by atoms with van der Waals surface area (Å²) in [6, 6.07) is 22.9. The molecule has 9 nitrogen and oxygen atoms in total. The zero-order valence-electron chi connectivity index (χ0n) is 24.7. The van der Waals surface area contributed by atoms with E-state index in [1.165, 1.54) is 12.1 Å². The van der Waals surface area contributed by atoms with Crippen molar-refractivity contribution in [3.63, 3.8) is 0 Å². The van der Waals surface area contributed by atoms with Crippen LogP contribution < -0.4 is 5.32 Å². The molecule has 2 fully saturated rings. The van der Waals surface area contributed by atoms with Crippen LogP contribution in [-0.2, 0) is 12.2 Å². The van der Waals surface area contributed by atoms with Crippen molar-refractivity contribution >= 4 is 29.1 Å². The summed E-state index contributed by atoms with van der Waals surface area (Å²) in [6.07, 6.45) is 5.68. The molecule has 0 spiro atoms. The molecule has 2 atom stereocenters. The molecule has 10 heteroatoms. The van der Waals surface area contributed by atoms with Crippen LogP contribution >= 0.6 is 11.6 Å². The molecule has 3 aromatic carbocycles. The minimum Gasteiger partial charge on any atom is -0.334 e. The number of non-ortho nitro benzene ring substituents is 1. The lowest BCUT2D eigenvalue weighted by Crippen LogP contribution is -2.69. The second kappa shape index (κ2) is 14.2. The number of nitrogens with one attached hydrogen (secondary N) is 1. The lowest BCUT2D eigenvalue weighted by Gasteiger charge is -2.55. The number of nitrogens with zero attached hydrogens (tertiary/aromatic N) is 4. The number of ketones is 1. The minimum atomic E-state index is -1.19. The highest BCUT2D eigenvalue weighted by atomic mass is 35.5. The molecule has 0 aliphatic carbocycles. The summed E-state index contributed by atoms with van der Waals surface area (Å²) in [4.78, 5) is 45.9. The molecule has 1 N–H and O–H groups in total. The monoisotopic (exact) mass is 615 g/mol. The maximum Gasteiger partial charge on any atom is 0.319 e. The van der Waals surface area contributed by atoms with Gasteiger partial charge >= 0.3 is 6.03 Å². The standard InChI is InChI=1S/C34H38ClN5O4/c1-2-21-38(33(42)36-25-26-17-19-28(20-18-26)40(43)44)31-16-8-9-24-39(31)34(37-22-10-11-23-37,27-12-4-3-5-13-27)32(41)29-14-6-7-15-30(29)35/h2-7,12-15,17-20,31H,1,8-11,16,21-25H2,(H,36,42). The highest BCUT2D eigenvalue weighted by Crippen LogP contribution is 2.43. The molecule has 2 saturated heterocycles. The van der Waals surface area contributed by atoms with Crippen molar-refractivity contribution in [3.05, 3.63) is 123 Å². The average molecular weight is 616 g/mol. The van der Waals surface area contributed by atoms with Crippen LogP contribution in [-0.4, -0.2) is 63.8 Å². The quantitative estimate of drug-likeness (QED) is 0.113. The molecule has 3 aromatic rings. The zero-order chi connectivity index (χ0) is 31.1. The van der Waals surface area contributed by atoms with E-state index in [2.05, 4.69) is 21.7 Å². The van der Waals surface area contributed by atoms with E-state index in [9.17, 15) is 14.9 Å². The first-order valence-corrected chi connectivity index (χ1v) is 15.5. The van der Waals surface area contributed by atoms with Gasteiger partial charge in [-0.15, -0.1) is 6.58 Å². The summed E-state index contributed by atoms with van der Waals surface area (Å²) in [5, 5.41) is 14.5. The van der Waals surface area contributed by atoms with Crippen molar-refractivity contribution in [1.82, 2.24) is 20.0 Å². The second-order valence-electron chi connectivity index (χ2n) is 11.2. The third-order valence-electron chi connectivity index (χ3n) is 8.60. The molecule has 0 saturated carbocycles. The van der Waals surface area contributed by atoms with Crippen LogP contribution in [0.25, 0.3) is 0 Å². The Kier molecular flexibility index (Phi) is 10.1. The Hall–Kier alpha value is -4.05. The Morgan fingerprint density at radius 3 is 2.30 bits per heavy atom. The number of piperidine rings is 1. The predicted octanol–water partition coefficient (Wildman–Crippen LogP) is 6.59. The minimum absolute atomic E-state index is 0.00596. The number of amides is 2. The first-order chi connectivity index (χ1) is 21.4. The predicted molar refractivity (Wildman–Crippen MR) is 171 cm³/mol. The lowest BCUT2D eigenvalue weighted by atomic mass is 9.84. The molecule has 2 aliphatic heterocycles. The van der Waals surface area contributed by atoms with E-state index in [4.69, 9.17) is 11.6 Å². The van der Waals surface area contributed by atoms with Gasteiger partial charge < -0.3 is 10.2 Å². The highest BCUT2D eigenvalue weighted by molar-refractivity contribution is 6.34. The fourth-order valence-electron chi connectivity index (χ4n) is 6.59. The molecule has 2 heterocycles. The van der Waals surface area contributed by atoms with E-state index in [0.29, 0.717) is 23.6 Å². The van der Waals surface area contributed by atoms with Crippen LogP contribution in [0.5, 0.6) is 0 Å². The first kappa shape index (κ1) is 31.4. The fourth-order valence-corrected chi connectivity index (χ4v) is 6.81. The van der Waals surface area contributed by atoms with Gasteiger partial charge in [-0.3, -0.25) is 24.7 Å². The van der Waals surface area contributed by atoms with Crippen molar-refractivity contribution in [2.45, 2.75) is 50.5 Å². The Balaban J connectivity index is 1.56. The molecule has 2 amide bonds. The van der Waals surface area contributed by atoms with Crippen molar-refractivity contribution in [2.24, 2.45) is 0 Å². The van der Waals surface area contributed by atoms with E-state index < -0.39 is 16.8 Å². The normalized spacial score (nSPS) is 18.7. The molecule has 0 bridgehead atoms. The van der Waals surface area contributed by atoms with Gasteiger partial charge in [-0.1, -0.05) is 72.3 Å². The summed E-state index contributed by atoms with van der Waals surface area (Å²) in [6.45, 7) is 6.50. The molecule has 5 rings (SSSR count). The third kappa shape index (κ3) is 6.26. The second-order valence-corrected chi connectivity index (χ2v) is 11.6. The first-order valence-electron chi connectivity index (χ1n) is 15.1. The van der Waals surface area contributed by atoms with Gasteiger partial charge in [-0.05, 0) is 55.4 Å². The number of urea groups is 1. The number of rotatable bonds is 11. The summed E-state index contributed by atoms with van der Waals surface area (Å²) in [7, 11) is 0. The summed E-state index contributed by atoms with van der Waals surface area (Å²) < 4.78 is 0. The van der Waals surface area contributed by atoms with Gasteiger partial charge in [0.25, 0.3) is 5.69 Å². The zero-order valence-corrected chi connectivity index (χ0v) is 25.5. The smallest absolute Gasteiger partial charge is 0.319 e. The Morgan fingerprint density at radius 1 is 0.977 bits per heavy atom. The largest absolute Gasteiger partial charge is 0.334 e. The number of carbonyl (C=O) groups excluding carboxylic acids is 2. The topological polar surface area (TPSA) is 99.0 Å². The maximum absolute atomic E-state index is 15.1. The van der Waals surface area contributed by atoms with Gasteiger partial charge in [0.2, 0.25) is 5.78 Å². The van der Waals surface area contributed by atoms with Crippen LogP contribution in [0.1, 0.15) is 53.6 Å². The average Bonchev–Trinajstić information content (AvgIpc) is 3.59. The number of nitro benzene ring substituents is 1. The SMILES string of the molecule is C=CCN(C(=O)NCc1ccc([N+](=O)[O-])cc1)C1CCCCN1C(C(=O)c1ccccc1Cl)(c1ccccc1)N1CCCC1. The summed E-state index contributed by atoms with van der Waals surface area (Å²) >= 11 is 6.70. The molecule has 2 unspecified atom stereocenters. The molecule has 0 radical (unpaired) electrons. The van der Waals surface area contributed by atoms with Crippen molar-refractivity contribution in [2.75, 3.05) is 26.2 Å². The Morgan fingerprint density at radius 2 is 1.64 bits per heavy atom. The van der Waals surface area contributed by atoms with Gasteiger partial charge in [-0.25, -0.2) is 4.79 Å². The van der Waals surface area contributed by atoms with E-state index in [-0.39, 0.29) is 30.6 Å². The van der Waals surface area contributed by atoms with E-state index in [1.54, 1.807) is 35.2 Å². The number of halogens is 1. The Labute approximate surface area is 263 Å². The van der Waals surface area contributed by atoms with Crippen LogP contribution in [0.15, 0.2) is 91.5 Å². The van der Waals surface area contributed by atoms with Crippen LogP contribution in [0.3, 0.4) is 0 Å². The van der Waals surface area contributed by atoms with Crippen LogP contribution in [0.2, 0.25) is 5.02 Å². The Bertz CT molecular complexity index is 1480. The molecule has 230 valence electrons. The number of likely N-dealkylation sites (tertiary alicyclic amines) is 2. The number of benzene rings is 3. The molecular formula is C34H38ClN5O4. The van der Waals surface area contributed by atoms with Crippen molar-refractivity contribution in [1.29, 1.82) is 0 Å². The van der Waals surface area contributed by atoms with Crippen molar-refractivity contribution < 1.29 is 14.5 Å². The van der Waals surface area contributed by atoms with Gasteiger partial charge in [0.05, 0.1) is 16.1 Å². The highest BCUT2D eigenvalue weighted by Gasteiger charge is 2.55. The van der Waals surface area contributed by atoms with Gasteiger partial charge in [-0.2, -0.15) is 0 Å². The molecule has 0 aromatic heterocycles. The number of nitro groups is 1. The van der Waals surface area contributed by atoms with E-state index >= 15 is 4.79 Å². The van der Waals surface area contributed by atoms with E-state index in [0.717, 1.165) is 49.9 Å². The third-order valence-corrected chi connectivity index (χ3v) is 8.93. The lowest BCUT2D eigenvalue weighted by molar-refractivity contribution is -0.384. The van der Waals surface area contributed by atoms with Gasteiger partial charge in [0.1, 0.15) is 0 Å². The summed E-state index contributed by atoms with van der Waals surface area (Å²) in [5.41, 5.74) is 0.850. The molecular weight excluding hydrogens is 578 g/mol. The van der Waals surface area contributed by atoms with Crippen LogP contribution in [0.4, 0.5) is 10.5 Å². The van der Waals surface area contributed by atoms with Gasteiger partial charge in [0.15, 0.2) is 5.66 Å². The maximum atomic E-state index is 15.1. The fraction of sp³-hybridized carbons (Fsp3) is 0.353. The van der Waals surface area contributed by atoms with Crippen LogP contribution in [0, 0.1) is 10.1 Å². The summed E-state index contributed by atoms with van der Waals surface area (Å²) in [5.74, 6) is -0.104. The molecule has 44 heavy (non-hydrogen) atoms. The van der Waals surface area contributed by atoms with Gasteiger partial charge in [0, 0.05) is 50.4 Å². The van der Waals surface area contributed by atoms with E-state index in [1.807, 2.05) is 42.5 Å². The number of hydrogen-bond acceptors (Lipinski definition) is 6. The number of Topliss-reactive ketones (excluding diaryl/α,β-unsaturated/α-hetero) is 1. The molecule has 2 aliphatic rings. The number of carbonyl (C=O) groups is 2.